The molecule has 0 aromatic heterocycles. The molecule has 14 heavy (non-hydrogen) atoms. The third-order valence-electron chi connectivity index (χ3n) is 2.03. The van der Waals surface area contributed by atoms with E-state index in [1.165, 1.54) is 13.0 Å². The summed E-state index contributed by atoms with van der Waals surface area (Å²) in [6.07, 6.45) is 1.39. The number of allylic oxidation sites excluding steroid dienone is 3. The van der Waals surface area contributed by atoms with Crippen molar-refractivity contribution < 1.29 is 9.59 Å². The second kappa shape index (κ2) is 3.57. The van der Waals surface area contributed by atoms with E-state index in [1.807, 2.05) is 0 Å². The number of hydrogen-bond acceptors (Lipinski definition) is 3. The van der Waals surface area contributed by atoms with E-state index < -0.39 is 5.91 Å². The molecule has 0 spiro atoms. The lowest BCUT2D eigenvalue weighted by atomic mass is 9.95. The van der Waals surface area contributed by atoms with Gasteiger partial charge in [-0.15, -0.1) is 0 Å². The highest BCUT2D eigenvalue weighted by Gasteiger charge is 2.20. The fourth-order valence-corrected chi connectivity index (χ4v) is 1.25. The van der Waals surface area contributed by atoms with E-state index in [9.17, 15) is 9.59 Å². The van der Waals surface area contributed by atoms with Gasteiger partial charge in [0.05, 0.1) is 0 Å². The first kappa shape index (κ1) is 10.4. The first-order valence-corrected chi connectivity index (χ1v) is 4.22. The Bertz CT molecular complexity index is 400. The van der Waals surface area contributed by atoms with Gasteiger partial charge in [0.2, 0.25) is 11.7 Å². The van der Waals surface area contributed by atoms with Crippen molar-refractivity contribution in [3.8, 4) is 0 Å². The van der Waals surface area contributed by atoms with Crippen LogP contribution in [0.4, 0.5) is 0 Å². The lowest BCUT2D eigenvalue weighted by molar-refractivity contribution is -0.116. The van der Waals surface area contributed by atoms with Gasteiger partial charge in [-0.3, -0.25) is 9.59 Å². The van der Waals surface area contributed by atoms with Crippen molar-refractivity contribution in [2.24, 2.45) is 10.7 Å². The van der Waals surface area contributed by atoms with E-state index in [1.54, 1.807) is 13.8 Å². The third kappa shape index (κ3) is 1.79. The Morgan fingerprint density at radius 3 is 2.50 bits per heavy atom. The number of aliphatic imine (C=N–C) groups is 1. The van der Waals surface area contributed by atoms with Crippen LogP contribution >= 0.6 is 0 Å². The van der Waals surface area contributed by atoms with Crippen LogP contribution in [0.1, 0.15) is 20.8 Å². The van der Waals surface area contributed by atoms with Crippen LogP contribution < -0.4 is 5.73 Å². The maximum Gasteiger partial charge on any atom is 0.243 e. The summed E-state index contributed by atoms with van der Waals surface area (Å²) in [5.41, 5.74) is 7.68. The van der Waals surface area contributed by atoms with Gasteiger partial charge in [0, 0.05) is 18.2 Å². The summed E-state index contributed by atoms with van der Waals surface area (Å²) in [5, 5.41) is 0. The number of rotatable bonds is 0. The molecule has 1 rings (SSSR count). The van der Waals surface area contributed by atoms with Crippen molar-refractivity contribution in [2.45, 2.75) is 20.8 Å². The Kier molecular flexibility index (Phi) is 2.65. The molecule has 4 heteroatoms. The van der Waals surface area contributed by atoms with Crippen LogP contribution in [0.3, 0.4) is 0 Å². The van der Waals surface area contributed by atoms with E-state index in [4.69, 9.17) is 5.73 Å². The van der Waals surface area contributed by atoms with Gasteiger partial charge in [0.15, 0.2) is 0 Å². The monoisotopic (exact) mass is 192 g/mol. The predicted molar refractivity (Wildman–Crippen MR) is 53.8 cm³/mol. The summed E-state index contributed by atoms with van der Waals surface area (Å²) in [6.45, 7) is 4.74. The van der Waals surface area contributed by atoms with Gasteiger partial charge in [-0.25, -0.2) is 4.99 Å². The highest BCUT2D eigenvalue weighted by Crippen LogP contribution is 2.17. The van der Waals surface area contributed by atoms with Crippen molar-refractivity contribution in [1.29, 1.82) is 0 Å². The number of amides is 1. The van der Waals surface area contributed by atoms with Crippen molar-refractivity contribution >= 4 is 17.4 Å². The fraction of sp³-hybridized carbons (Fsp3) is 0.300. The van der Waals surface area contributed by atoms with E-state index in [2.05, 4.69) is 4.99 Å². The van der Waals surface area contributed by atoms with Crippen LogP contribution in [0.15, 0.2) is 27.9 Å². The zero-order chi connectivity index (χ0) is 10.9. The number of nitrogens with zero attached hydrogens (tertiary/aromatic N) is 1. The number of carbonyl (C=O) groups is 2. The molecule has 0 saturated carbocycles. The maximum absolute atomic E-state index is 11.4. The predicted octanol–water partition coefficient (Wildman–Crippen LogP) is 0.736. The molecule has 0 saturated heterocycles. The standard InChI is InChI=1S/C10H12N2O2/c1-5-4-8(14)10(12-7(3)13)6(2)9(5)11/h4H,11H2,1-3H3. The van der Waals surface area contributed by atoms with Crippen molar-refractivity contribution in [2.75, 3.05) is 0 Å². The zero-order valence-corrected chi connectivity index (χ0v) is 8.42. The Morgan fingerprint density at radius 2 is 2.00 bits per heavy atom. The molecule has 0 heterocycles. The highest BCUT2D eigenvalue weighted by molar-refractivity contribution is 6.51. The van der Waals surface area contributed by atoms with Crippen LogP contribution in [0.25, 0.3) is 0 Å². The van der Waals surface area contributed by atoms with E-state index in [0.29, 0.717) is 11.3 Å². The minimum Gasteiger partial charge on any atom is -0.398 e. The van der Waals surface area contributed by atoms with Crippen LogP contribution in [-0.4, -0.2) is 17.4 Å². The number of carbonyl (C=O) groups excluding carboxylic acids is 2. The Labute approximate surface area is 82.2 Å². The molecule has 4 nitrogen and oxygen atoms in total. The molecule has 1 amide bonds. The summed E-state index contributed by atoms with van der Waals surface area (Å²) in [4.78, 5) is 25.8. The second-order valence-electron chi connectivity index (χ2n) is 3.21. The molecule has 1 aliphatic carbocycles. The lowest BCUT2D eigenvalue weighted by Gasteiger charge is -2.13. The SMILES string of the molecule is CC(=O)N=C1C(=O)C=C(C)C(N)=C1C. The van der Waals surface area contributed by atoms with Gasteiger partial charge in [-0.1, -0.05) is 0 Å². The molecule has 0 fully saturated rings. The maximum atomic E-state index is 11.4. The van der Waals surface area contributed by atoms with Gasteiger partial charge in [-0.05, 0) is 25.5 Å². The quantitative estimate of drug-likeness (QED) is 0.575. The molecule has 0 atom stereocenters. The third-order valence-corrected chi connectivity index (χ3v) is 2.03. The van der Waals surface area contributed by atoms with Crippen LogP contribution in [0.5, 0.6) is 0 Å². The number of ketones is 1. The molecular formula is C10H12N2O2. The first-order valence-electron chi connectivity index (χ1n) is 4.22. The average Bonchev–Trinajstić information content (AvgIpc) is 2.09. The van der Waals surface area contributed by atoms with Crippen LogP contribution in [-0.2, 0) is 9.59 Å². The van der Waals surface area contributed by atoms with Gasteiger partial charge in [-0.2, -0.15) is 0 Å². The summed E-state index contributed by atoms with van der Waals surface area (Å²) < 4.78 is 0. The topological polar surface area (TPSA) is 72.5 Å². The molecule has 0 aromatic rings. The Hall–Kier alpha value is -1.71. The fourth-order valence-electron chi connectivity index (χ4n) is 1.25. The Morgan fingerprint density at radius 1 is 1.43 bits per heavy atom. The smallest absolute Gasteiger partial charge is 0.243 e. The molecule has 0 aromatic carbocycles. The molecular weight excluding hydrogens is 180 g/mol. The number of hydrogen-bond donors (Lipinski definition) is 1. The summed E-state index contributed by atoms with van der Waals surface area (Å²) >= 11 is 0. The van der Waals surface area contributed by atoms with E-state index in [-0.39, 0.29) is 11.5 Å². The lowest BCUT2D eigenvalue weighted by Crippen LogP contribution is -2.23. The molecule has 1 aliphatic rings. The first-order chi connectivity index (χ1) is 6.43. The molecule has 0 aliphatic heterocycles. The highest BCUT2D eigenvalue weighted by atomic mass is 16.1. The average molecular weight is 192 g/mol. The van der Waals surface area contributed by atoms with E-state index >= 15 is 0 Å². The van der Waals surface area contributed by atoms with Crippen LogP contribution in [0.2, 0.25) is 0 Å². The van der Waals surface area contributed by atoms with Crippen molar-refractivity contribution in [3.05, 3.63) is 22.9 Å². The largest absolute Gasteiger partial charge is 0.398 e. The minimum absolute atomic E-state index is 0.153. The second-order valence-corrected chi connectivity index (χ2v) is 3.21. The zero-order valence-electron chi connectivity index (χ0n) is 8.42. The molecule has 0 bridgehead atoms. The molecule has 2 N–H and O–H groups in total. The minimum atomic E-state index is -0.395. The van der Waals surface area contributed by atoms with Crippen LogP contribution in [0, 0.1) is 0 Å². The van der Waals surface area contributed by atoms with Gasteiger partial charge in [0.25, 0.3) is 0 Å². The molecule has 74 valence electrons. The van der Waals surface area contributed by atoms with Gasteiger partial charge < -0.3 is 5.73 Å². The van der Waals surface area contributed by atoms with Gasteiger partial charge >= 0.3 is 0 Å². The normalized spacial score (nSPS) is 20.1. The summed E-state index contributed by atoms with van der Waals surface area (Å²) in [5.74, 6) is -0.655. The van der Waals surface area contributed by atoms with E-state index in [0.717, 1.165) is 5.57 Å². The Balaban J connectivity index is 3.26. The molecule has 0 radical (unpaired) electrons. The van der Waals surface area contributed by atoms with Crippen molar-refractivity contribution in [3.63, 3.8) is 0 Å². The van der Waals surface area contributed by atoms with Crippen molar-refractivity contribution in [1.82, 2.24) is 0 Å². The summed E-state index contributed by atoms with van der Waals surface area (Å²) in [6, 6.07) is 0. The number of nitrogens with two attached hydrogens (primary N) is 1. The van der Waals surface area contributed by atoms with Gasteiger partial charge in [0.1, 0.15) is 5.71 Å². The summed E-state index contributed by atoms with van der Waals surface area (Å²) in [7, 11) is 0. The molecule has 0 unspecified atom stereocenters.